The molecule has 0 aromatic heterocycles. The molecule has 0 saturated carbocycles. The van der Waals surface area contributed by atoms with Gasteiger partial charge in [-0.1, -0.05) is 17.7 Å². The monoisotopic (exact) mass is 465 g/mol. The molecule has 2 aliphatic heterocycles. The Hall–Kier alpha value is -3.22. The van der Waals surface area contributed by atoms with E-state index in [0.717, 1.165) is 37.9 Å². The van der Waals surface area contributed by atoms with Crippen molar-refractivity contribution < 1.29 is 18.8 Å². The Labute approximate surface area is 200 Å². The Kier molecular flexibility index (Phi) is 7.60. The van der Waals surface area contributed by atoms with Crippen LogP contribution in [-0.4, -0.2) is 59.7 Å². The summed E-state index contributed by atoms with van der Waals surface area (Å²) in [5, 5.41) is 3.03. The summed E-state index contributed by atoms with van der Waals surface area (Å²) < 4.78 is 13.2. The number of aryl methyl sites for hydroxylation is 1. The molecule has 0 spiro atoms. The van der Waals surface area contributed by atoms with E-state index in [0.29, 0.717) is 37.1 Å². The van der Waals surface area contributed by atoms with E-state index in [1.165, 1.54) is 24.3 Å². The molecule has 1 N–H and O–H groups in total. The molecule has 2 aromatic rings. The zero-order valence-electron chi connectivity index (χ0n) is 19.6. The van der Waals surface area contributed by atoms with Gasteiger partial charge in [0.2, 0.25) is 5.91 Å². The minimum atomic E-state index is -0.616. The summed E-state index contributed by atoms with van der Waals surface area (Å²) in [6.07, 6.45) is 4.31. The molecule has 2 aromatic carbocycles. The SMILES string of the molecule is Cc1cccc(C(=O)N[C@@H](C(=O)N2CCCCC2)C2CCN(C(=O)c3ccc(F)cc3)CC2)c1. The zero-order valence-corrected chi connectivity index (χ0v) is 19.6. The van der Waals surface area contributed by atoms with E-state index in [1.807, 2.05) is 30.0 Å². The van der Waals surface area contributed by atoms with Crippen molar-refractivity contribution in [1.29, 1.82) is 0 Å². The number of carbonyl (C=O) groups is 3. The van der Waals surface area contributed by atoms with Crippen molar-refractivity contribution in [3.8, 4) is 0 Å². The van der Waals surface area contributed by atoms with Crippen LogP contribution in [0, 0.1) is 18.7 Å². The zero-order chi connectivity index (χ0) is 24.1. The predicted molar refractivity (Wildman–Crippen MR) is 128 cm³/mol. The first-order valence-electron chi connectivity index (χ1n) is 12.1. The summed E-state index contributed by atoms with van der Waals surface area (Å²) in [5.41, 5.74) is 1.98. The van der Waals surface area contributed by atoms with Gasteiger partial charge in [0, 0.05) is 37.3 Å². The van der Waals surface area contributed by atoms with Gasteiger partial charge >= 0.3 is 0 Å². The summed E-state index contributed by atoms with van der Waals surface area (Å²) in [6.45, 7) is 4.35. The molecule has 0 aliphatic carbocycles. The van der Waals surface area contributed by atoms with E-state index in [4.69, 9.17) is 0 Å². The minimum absolute atomic E-state index is 0.0241. The van der Waals surface area contributed by atoms with Crippen LogP contribution in [0.5, 0.6) is 0 Å². The lowest BCUT2D eigenvalue weighted by molar-refractivity contribution is -0.136. The number of halogens is 1. The molecule has 2 fully saturated rings. The highest BCUT2D eigenvalue weighted by molar-refractivity contribution is 5.98. The molecule has 3 amide bonds. The van der Waals surface area contributed by atoms with Crippen molar-refractivity contribution in [3.05, 3.63) is 71.0 Å². The maximum absolute atomic E-state index is 13.5. The van der Waals surface area contributed by atoms with E-state index in [1.54, 1.807) is 11.0 Å². The van der Waals surface area contributed by atoms with Gasteiger partial charge in [0.1, 0.15) is 11.9 Å². The maximum Gasteiger partial charge on any atom is 0.253 e. The first kappa shape index (κ1) is 23.9. The quantitative estimate of drug-likeness (QED) is 0.730. The molecule has 2 aliphatic rings. The van der Waals surface area contributed by atoms with Crippen LogP contribution >= 0.6 is 0 Å². The fraction of sp³-hybridized carbons (Fsp3) is 0.444. The van der Waals surface area contributed by atoms with E-state index >= 15 is 0 Å². The van der Waals surface area contributed by atoms with Crippen LogP contribution in [0.2, 0.25) is 0 Å². The van der Waals surface area contributed by atoms with Crippen molar-refractivity contribution in [2.45, 2.75) is 45.1 Å². The van der Waals surface area contributed by atoms with Crippen molar-refractivity contribution in [2.75, 3.05) is 26.2 Å². The number of likely N-dealkylation sites (tertiary alicyclic amines) is 2. The number of nitrogens with zero attached hydrogens (tertiary/aromatic N) is 2. The third-order valence-corrected chi connectivity index (χ3v) is 6.89. The van der Waals surface area contributed by atoms with Gasteiger partial charge in [-0.3, -0.25) is 14.4 Å². The van der Waals surface area contributed by atoms with Crippen LogP contribution in [0.4, 0.5) is 4.39 Å². The van der Waals surface area contributed by atoms with E-state index in [-0.39, 0.29) is 29.5 Å². The molecular formula is C27H32FN3O3. The van der Waals surface area contributed by atoms with Crippen LogP contribution in [0.15, 0.2) is 48.5 Å². The summed E-state index contributed by atoms with van der Waals surface area (Å²) >= 11 is 0. The van der Waals surface area contributed by atoms with Crippen LogP contribution in [0.1, 0.15) is 58.4 Å². The van der Waals surface area contributed by atoms with Gasteiger partial charge in [0.15, 0.2) is 0 Å². The number of benzene rings is 2. The fourth-order valence-electron chi connectivity index (χ4n) is 4.91. The lowest BCUT2D eigenvalue weighted by Crippen LogP contribution is -2.55. The normalized spacial score (nSPS) is 17.8. The van der Waals surface area contributed by atoms with Crippen LogP contribution in [-0.2, 0) is 4.79 Å². The standard InChI is InChI=1S/C27H32FN3O3/c1-19-6-5-7-22(18-19)25(32)29-24(27(34)30-14-3-2-4-15-30)20-12-16-31(17-13-20)26(33)21-8-10-23(28)11-9-21/h5-11,18,20,24H,2-4,12-17H2,1H3,(H,29,32)/t24-/m1/s1. The van der Waals surface area contributed by atoms with Gasteiger partial charge in [-0.25, -0.2) is 4.39 Å². The molecule has 6 nitrogen and oxygen atoms in total. The van der Waals surface area contributed by atoms with Gasteiger partial charge in [-0.2, -0.15) is 0 Å². The average Bonchev–Trinajstić information content (AvgIpc) is 2.87. The van der Waals surface area contributed by atoms with Crippen molar-refractivity contribution in [1.82, 2.24) is 15.1 Å². The van der Waals surface area contributed by atoms with Gasteiger partial charge in [-0.05, 0) is 81.3 Å². The first-order valence-corrected chi connectivity index (χ1v) is 12.1. The molecule has 2 heterocycles. The smallest absolute Gasteiger partial charge is 0.253 e. The molecule has 0 radical (unpaired) electrons. The summed E-state index contributed by atoms with van der Waals surface area (Å²) in [4.78, 5) is 43.0. The summed E-state index contributed by atoms with van der Waals surface area (Å²) in [6, 6.07) is 12.3. The third-order valence-electron chi connectivity index (χ3n) is 6.89. The highest BCUT2D eigenvalue weighted by atomic mass is 19.1. The Bertz CT molecular complexity index is 1030. The van der Waals surface area contributed by atoms with Gasteiger partial charge in [0.05, 0.1) is 0 Å². The maximum atomic E-state index is 13.5. The van der Waals surface area contributed by atoms with Crippen LogP contribution < -0.4 is 5.32 Å². The molecule has 1 atom stereocenters. The van der Waals surface area contributed by atoms with Gasteiger partial charge < -0.3 is 15.1 Å². The second-order valence-electron chi connectivity index (χ2n) is 9.34. The lowest BCUT2D eigenvalue weighted by atomic mass is 9.87. The third kappa shape index (κ3) is 5.64. The Morgan fingerprint density at radius 1 is 0.882 bits per heavy atom. The number of hydrogen-bond donors (Lipinski definition) is 1. The Balaban J connectivity index is 1.46. The number of carbonyl (C=O) groups excluding carboxylic acids is 3. The topological polar surface area (TPSA) is 69.7 Å². The molecular weight excluding hydrogens is 433 g/mol. The number of piperidine rings is 2. The average molecular weight is 466 g/mol. The fourth-order valence-corrected chi connectivity index (χ4v) is 4.91. The molecule has 180 valence electrons. The predicted octanol–water partition coefficient (Wildman–Crippen LogP) is 3.80. The number of hydrogen-bond acceptors (Lipinski definition) is 3. The minimum Gasteiger partial charge on any atom is -0.341 e. The molecule has 4 rings (SSSR count). The van der Waals surface area contributed by atoms with Crippen molar-refractivity contribution in [3.63, 3.8) is 0 Å². The largest absolute Gasteiger partial charge is 0.341 e. The first-order chi connectivity index (χ1) is 16.4. The number of amides is 3. The number of nitrogens with one attached hydrogen (secondary N) is 1. The van der Waals surface area contributed by atoms with E-state index in [9.17, 15) is 18.8 Å². The summed E-state index contributed by atoms with van der Waals surface area (Å²) in [5.74, 6) is -0.840. The van der Waals surface area contributed by atoms with Crippen molar-refractivity contribution in [2.24, 2.45) is 5.92 Å². The summed E-state index contributed by atoms with van der Waals surface area (Å²) in [7, 11) is 0. The molecule has 34 heavy (non-hydrogen) atoms. The molecule has 0 bridgehead atoms. The highest BCUT2D eigenvalue weighted by Gasteiger charge is 2.36. The molecule has 0 unspecified atom stereocenters. The highest BCUT2D eigenvalue weighted by Crippen LogP contribution is 2.25. The Morgan fingerprint density at radius 3 is 2.21 bits per heavy atom. The Morgan fingerprint density at radius 2 is 1.56 bits per heavy atom. The van der Waals surface area contributed by atoms with Crippen molar-refractivity contribution >= 4 is 17.7 Å². The second-order valence-corrected chi connectivity index (χ2v) is 9.34. The van der Waals surface area contributed by atoms with E-state index < -0.39 is 6.04 Å². The van der Waals surface area contributed by atoms with Gasteiger partial charge in [-0.15, -0.1) is 0 Å². The molecule has 7 heteroatoms. The van der Waals surface area contributed by atoms with Crippen LogP contribution in [0.25, 0.3) is 0 Å². The lowest BCUT2D eigenvalue weighted by Gasteiger charge is -2.38. The number of rotatable bonds is 5. The van der Waals surface area contributed by atoms with E-state index in [2.05, 4.69) is 5.32 Å². The molecule has 2 saturated heterocycles. The van der Waals surface area contributed by atoms with Gasteiger partial charge in [0.25, 0.3) is 11.8 Å². The second kappa shape index (κ2) is 10.8. The van der Waals surface area contributed by atoms with Crippen LogP contribution in [0.3, 0.4) is 0 Å².